The molecule has 18 heavy (non-hydrogen) atoms. The molecule has 0 fully saturated rings. The summed E-state index contributed by atoms with van der Waals surface area (Å²) in [5.74, 6) is -0.523. The van der Waals surface area contributed by atoms with Crippen LogP contribution in [-0.2, 0) is 0 Å². The van der Waals surface area contributed by atoms with Crippen molar-refractivity contribution in [3.8, 4) is 5.75 Å². The minimum absolute atomic E-state index is 0.170. The zero-order chi connectivity index (χ0) is 13.0. The minimum atomic E-state index is -0.432. The second-order valence-corrected chi connectivity index (χ2v) is 3.80. The zero-order valence-corrected chi connectivity index (χ0v) is 9.51. The number of rotatable bonds is 3. The highest BCUT2D eigenvalue weighted by atomic mass is 19.1. The maximum atomic E-state index is 12.9. The van der Waals surface area contributed by atoms with Gasteiger partial charge >= 0.3 is 0 Å². The number of ketones is 1. The van der Waals surface area contributed by atoms with E-state index in [2.05, 4.69) is 0 Å². The predicted molar refractivity (Wildman–Crippen MR) is 67.9 cm³/mol. The van der Waals surface area contributed by atoms with Gasteiger partial charge in [0.1, 0.15) is 11.6 Å². The molecular weight excluding hydrogens is 231 g/mol. The lowest BCUT2D eigenvalue weighted by atomic mass is 10.1. The molecular formula is C15H11FO2. The molecule has 0 aliphatic carbocycles. The van der Waals surface area contributed by atoms with Gasteiger partial charge in [-0.2, -0.15) is 0 Å². The van der Waals surface area contributed by atoms with E-state index in [4.69, 9.17) is 5.11 Å². The van der Waals surface area contributed by atoms with Crippen molar-refractivity contribution < 1.29 is 14.3 Å². The number of benzene rings is 2. The van der Waals surface area contributed by atoms with Gasteiger partial charge < -0.3 is 5.11 Å². The summed E-state index contributed by atoms with van der Waals surface area (Å²) in [4.78, 5) is 11.7. The van der Waals surface area contributed by atoms with Crippen molar-refractivity contribution in [2.45, 2.75) is 0 Å². The van der Waals surface area contributed by atoms with E-state index in [1.807, 2.05) is 0 Å². The molecule has 0 saturated carbocycles. The first-order valence-electron chi connectivity index (χ1n) is 5.42. The Morgan fingerprint density at radius 1 is 1.11 bits per heavy atom. The Morgan fingerprint density at radius 3 is 2.50 bits per heavy atom. The molecule has 0 amide bonds. The molecule has 0 spiro atoms. The van der Waals surface area contributed by atoms with Crippen LogP contribution in [0, 0.1) is 5.82 Å². The molecule has 2 nitrogen and oxygen atoms in total. The smallest absolute Gasteiger partial charge is 0.185 e. The molecule has 0 heterocycles. The first-order chi connectivity index (χ1) is 8.65. The number of aromatic hydroxyl groups is 1. The molecule has 0 aliphatic rings. The van der Waals surface area contributed by atoms with Crippen LogP contribution in [0.5, 0.6) is 5.75 Å². The Balaban J connectivity index is 2.14. The molecule has 2 rings (SSSR count). The largest absolute Gasteiger partial charge is 0.508 e. The Kier molecular flexibility index (Phi) is 3.53. The van der Waals surface area contributed by atoms with Crippen molar-refractivity contribution >= 4 is 11.9 Å². The third-order valence-electron chi connectivity index (χ3n) is 2.43. The van der Waals surface area contributed by atoms with Gasteiger partial charge in [-0.25, -0.2) is 4.39 Å². The summed E-state index contributed by atoms with van der Waals surface area (Å²) in [7, 11) is 0. The van der Waals surface area contributed by atoms with Gasteiger partial charge in [-0.1, -0.05) is 30.3 Å². The van der Waals surface area contributed by atoms with Crippen LogP contribution >= 0.6 is 0 Å². The fraction of sp³-hybridized carbons (Fsp3) is 0. The normalized spacial score (nSPS) is 10.7. The Hall–Kier alpha value is -2.42. The van der Waals surface area contributed by atoms with Gasteiger partial charge in [-0.3, -0.25) is 4.79 Å². The fourth-order valence-electron chi connectivity index (χ4n) is 1.50. The molecule has 0 aromatic heterocycles. The zero-order valence-electron chi connectivity index (χ0n) is 9.51. The van der Waals surface area contributed by atoms with Crippen molar-refractivity contribution in [2.75, 3.05) is 0 Å². The van der Waals surface area contributed by atoms with Gasteiger partial charge in [0.15, 0.2) is 5.78 Å². The number of allylic oxidation sites excluding steroid dienone is 1. The quantitative estimate of drug-likeness (QED) is 0.661. The first-order valence-corrected chi connectivity index (χ1v) is 5.42. The Bertz CT molecular complexity index is 586. The van der Waals surface area contributed by atoms with E-state index in [0.717, 1.165) is 5.56 Å². The van der Waals surface area contributed by atoms with Crippen LogP contribution in [-0.4, -0.2) is 10.9 Å². The topological polar surface area (TPSA) is 37.3 Å². The van der Waals surface area contributed by atoms with Crippen molar-refractivity contribution in [1.29, 1.82) is 0 Å². The highest BCUT2D eigenvalue weighted by Gasteiger charge is 2.02. The predicted octanol–water partition coefficient (Wildman–Crippen LogP) is 3.43. The van der Waals surface area contributed by atoms with E-state index >= 15 is 0 Å². The lowest BCUT2D eigenvalue weighted by Crippen LogP contribution is -1.94. The second kappa shape index (κ2) is 5.27. The van der Waals surface area contributed by atoms with E-state index in [-0.39, 0.29) is 11.5 Å². The maximum absolute atomic E-state index is 12.9. The van der Waals surface area contributed by atoms with Crippen LogP contribution in [0.4, 0.5) is 4.39 Å². The summed E-state index contributed by atoms with van der Waals surface area (Å²) in [5.41, 5.74) is 1.10. The van der Waals surface area contributed by atoms with Gasteiger partial charge in [0, 0.05) is 5.56 Å². The maximum Gasteiger partial charge on any atom is 0.185 e. The molecule has 0 atom stereocenters. The van der Waals surface area contributed by atoms with Crippen LogP contribution in [0.3, 0.4) is 0 Å². The lowest BCUT2D eigenvalue weighted by molar-refractivity contribution is 0.104. The van der Waals surface area contributed by atoms with E-state index < -0.39 is 5.82 Å². The lowest BCUT2D eigenvalue weighted by Gasteiger charge is -1.96. The first kappa shape index (κ1) is 12.0. The van der Waals surface area contributed by atoms with Crippen LogP contribution in [0.1, 0.15) is 15.9 Å². The van der Waals surface area contributed by atoms with Crippen LogP contribution in [0.15, 0.2) is 54.6 Å². The highest BCUT2D eigenvalue weighted by Crippen LogP contribution is 2.12. The molecule has 1 N–H and O–H groups in total. The summed E-state index contributed by atoms with van der Waals surface area (Å²) in [6, 6.07) is 12.0. The van der Waals surface area contributed by atoms with Gasteiger partial charge in [0.05, 0.1) is 0 Å². The molecule has 2 aromatic carbocycles. The van der Waals surface area contributed by atoms with Crippen molar-refractivity contribution in [3.05, 3.63) is 71.6 Å². The van der Waals surface area contributed by atoms with Gasteiger partial charge in [0.25, 0.3) is 0 Å². The standard InChI is InChI=1S/C15H11FO2/c16-13-3-1-2-12(10-13)15(18)9-6-11-4-7-14(17)8-5-11/h1-10,17H. The SMILES string of the molecule is O=C(C=Cc1ccc(O)cc1)c1cccc(F)c1. The van der Waals surface area contributed by atoms with Crippen LogP contribution < -0.4 is 0 Å². The number of carbonyl (C=O) groups excluding carboxylic acids is 1. The van der Waals surface area contributed by atoms with E-state index in [1.165, 1.54) is 36.4 Å². The molecule has 0 bridgehead atoms. The van der Waals surface area contributed by atoms with Gasteiger partial charge in [-0.15, -0.1) is 0 Å². The van der Waals surface area contributed by atoms with Gasteiger partial charge in [-0.05, 0) is 35.9 Å². The summed E-state index contributed by atoms with van der Waals surface area (Å²) >= 11 is 0. The number of carbonyl (C=O) groups is 1. The number of phenols is 1. The minimum Gasteiger partial charge on any atom is -0.508 e. The third-order valence-corrected chi connectivity index (χ3v) is 2.43. The monoisotopic (exact) mass is 242 g/mol. The van der Waals surface area contributed by atoms with Crippen molar-refractivity contribution in [2.24, 2.45) is 0 Å². The summed E-state index contributed by atoms with van der Waals surface area (Å²) in [6.07, 6.45) is 2.99. The summed E-state index contributed by atoms with van der Waals surface area (Å²) < 4.78 is 12.9. The molecule has 90 valence electrons. The van der Waals surface area contributed by atoms with E-state index in [1.54, 1.807) is 24.3 Å². The molecule has 2 aromatic rings. The molecule has 0 aliphatic heterocycles. The number of phenolic OH excluding ortho intramolecular Hbond substituents is 1. The highest BCUT2D eigenvalue weighted by molar-refractivity contribution is 6.06. The molecule has 0 unspecified atom stereocenters. The number of halogens is 1. The van der Waals surface area contributed by atoms with Crippen molar-refractivity contribution in [1.82, 2.24) is 0 Å². The number of hydrogen-bond acceptors (Lipinski definition) is 2. The number of hydrogen-bond donors (Lipinski definition) is 1. The van der Waals surface area contributed by atoms with Crippen molar-refractivity contribution in [3.63, 3.8) is 0 Å². The third kappa shape index (κ3) is 3.04. The average molecular weight is 242 g/mol. The van der Waals surface area contributed by atoms with Crippen LogP contribution in [0.25, 0.3) is 6.08 Å². The fourth-order valence-corrected chi connectivity index (χ4v) is 1.50. The summed E-state index contributed by atoms with van der Waals surface area (Å²) in [6.45, 7) is 0. The molecule has 0 radical (unpaired) electrons. The molecule has 3 heteroatoms. The Labute approximate surface area is 104 Å². The summed E-state index contributed by atoms with van der Waals surface area (Å²) in [5, 5.41) is 9.11. The Morgan fingerprint density at radius 2 is 1.83 bits per heavy atom. The van der Waals surface area contributed by atoms with Crippen LogP contribution in [0.2, 0.25) is 0 Å². The second-order valence-electron chi connectivity index (χ2n) is 3.80. The molecule has 0 saturated heterocycles. The van der Waals surface area contributed by atoms with E-state index in [9.17, 15) is 9.18 Å². The average Bonchev–Trinajstić information content (AvgIpc) is 2.38. The van der Waals surface area contributed by atoms with Gasteiger partial charge in [0.2, 0.25) is 0 Å². The van der Waals surface area contributed by atoms with E-state index in [0.29, 0.717) is 5.56 Å².